The van der Waals surface area contributed by atoms with Gasteiger partial charge in [0.05, 0.1) is 0 Å². The number of rotatable bonds is 4. The second kappa shape index (κ2) is 6.31. The van der Waals surface area contributed by atoms with Crippen molar-refractivity contribution in [2.45, 2.75) is 25.7 Å². The lowest BCUT2D eigenvalue weighted by atomic mass is 9.91. The van der Waals surface area contributed by atoms with Crippen LogP contribution in [-0.2, 0) is 0 Å². The monoisotopic (exact) mass is 295 g/mol. The summed E-state index contributed by atoms with van der Waals surface area (Å²) in [6.07, 6.45) is 4.16. The standard InChI is InChI=1S/C14H18BrNO/c15-13-4-2-12(3-5-13)14(17)6-1-11-7-9-16-10-8-11/h2-5,11,16H,1,6-10H2. The Kier molecular flexibility index (Phi) is 4.75. The molecule has 1 aliphatic rings. The van der Waals surface area contributed by atoms with Crippen LogP contribution in [0.25, 0.3) is 0 Å². The Hall–Kier alpha value is -0.670. The minimum atomic E-state index is 0.274. The molecule has 0 aromatic heterocycles. The number of Topliss-reactive ketones (excluding diaryl/α,β-unsaturated/α-hetero) is 1. The molecule has 17 heavy (non-hydrogen) atoms. The predicted octanol–water partition coefficient (Wildman–Crippen LogP) is 3.41. The molecule has 1 aromatic rings. The molecule has 1 saturated heterocycles. The number of carbonyl (C=O) groups is 1. The number of hydrogen-bond acceptors (Lipinski definition) is 2. The fraction of sp³-hybridized carbons (Fsp3) is 0.500. The predicted molar refractivity (Wildman–Crippen MR) is 73.3 cm³/mol. The molecule has 1 heterocycles. The minimum absolute atomic E-state index is 0.274. The summed E-state index contributed by atoms with van der Waals surface area (Å²) in [5.41, 5.74) is 0.835. The van der Waals surface area contributed by atoms with Crippen LogP contribution in [0, 0.1) is 5.92 Å². The van der Waals surface area contributed by atoms with Crippen LogP contribution in [0.5, 0.6) is 0 Å². The number of nitrogens with one attached hydrogen (secondary N) is 1. The van der Waals surface area contributed by atoms with Crippen LogP contribution in [0.2, 0.25) is 0 Å². The lowest BCUT2D eigenvalue weighted by Gasteiger charge is -2.22. The van der Waals surface area contributed by atoms with Crippen molar-refractivity contribution in [2.75, 3.05) is 13.1 Å². The van der Waals surface area contributed by atoms with Crippen molar-refractivity contribution in [3.8, 4) is 0 Å². The minimum Gasteiger partial charge on any atom is -0.317 e. The number of ketones is 1. The number of halogens is 1. The van der Waals surface area contributed by atoms with Crippen LogP contribution in [0.15, 0.2) is 28.7 Å². The van der Waals surface area contributed by atoms with E-state index in [-0.39, 0.29) is 5.78 Å². The van der Waals surface area contributed by atoms with Gasteiger partial charge < -0.3 is 5.32 Å². The Bertz CT molecular complexity index is 368. The van der Waals surface area contributed by atoms with Crippen molar-refractivity contribution < 1.29 is 4.79 Å². The van der Waals surface area contributed by atoms with E-state index in [9.17, 15) is 4.79 Å². The van der Waals surface area contributed by atoms with E-state index in [1.807, 2.05) is 24.3 Å². The molecule has 0 spiro atoms. The highest BCUT2D eigenvalue weighted by atomic mass is 79.9. The van der Waals surface area contributed by atoms with Gasteiger partial charge in [-0.05, 0) is 50.4 Å². The third-order valence-corrected chi connectivity index (χ3v) is 3.93. The highest BCUT2D eigenvalue weighted by Gasteiger charge is 2.15. The Morgan fingerprint density at radius 3 is 2.53 bits per heavy atom. The fourth-order valence-electron chi connectivity index (χ4n) is 2.29. The maximum atomic E-state index is 12.0. The van der Waals surface area contributed by atoms with Gasteiger partial charge in [0.15, 0.2) is 5.78 Å². The fourth-order valence-corrected chi connectivity index (χ4v) is 2.55. The van der Waals surface area contributed by atoms with Gasteiger partial charge in [0.2, 0.25) is 0 Å². The molecule has 1 fully saturated rings. The summed E-state index contributed by atoms with van der Waals surface area (Å²) in [4.78, 5) is 12.0. The Morgan fingerprint density at radius 1 is 1.24 bits per heavy atom. The summed E-state index contributed by atoms with van der Waals surface area (Å²) in [5.74, 6) is 1.01. The van der Waals surface area contributed by atoms with E-state index in [0.29, 0.717) is 6.42 Å². The van der Waals surface area contributed by atoms with Crippen LogP contribution in [0.1, 0.15) is 36.0 Å². The number of benzene rings is 1. The summed E-state index contributed by atoms with van der Waals surface area (Å²) in [6.45, 7) is 2.22. The molecule has 0 radical (unpaired) electrons. The third-order valence-electron chi connectivity index (χ3n) is 3.40. The topological polar surface area (TPSA) is 29.1 Å². The SMILES string of the molecule is O=C(CCC1CCNCC1)c1ccc(Br)cc1. The molecule has 0 amide bonds. The Balaban J connectivity index is 1.82. The summed E-state index contributed by atoms with van der Waals surface area (Å²) in [7, 11) is 0. The molecule has 1 aromatic carbocycles. The molecule has 3 heteroatoms. The van der Waals surface area contributed by atoms with Gasteiger partial charge in [-0.2, -0.15) is 0 Å². The number of carbonyl (C=O) groups excluding carboxylic acids is 1. The smallest absolute Gasteiger partial charge is 0.162 e. The van der Waals surface area contributed by atoms with Crippen molar-refractivity contribution in [3.05, 3.63) is 34.3 Å². The Labute approximate surface area is 111 Å². The van der Waals surface area contributed by atoms with Crippen LogP contribution < -0.4 is 5.32 Å². The van der Waals surface area contributed by atoms with Gasteiger partial charge in [0.25, 0.3) is 0 Å². The summed E-state index contributed by atoms with van der Waals surface area (Å²) in [6, 6.07) is 7.65. The zero-order valence-electron chi connectivity index (χ0n) is 9.92. The van der Waals surface area contributed by atoms with E-state index >= 15 is 0 Å². The first-order valence-corrected chi connectivity index (χ1v) is 7.04. The molecular formula is C14H18BrNO. The van der Waals surface area contributed by atoms with Gasteiger partial charge in [-0.15, -0.1) is 0 Å². The summed E-state index contributed by atoms with van der Waals surface area (Å²) in [5, 5.41) is 3.35. The van der Waals surface area contributed by atoms with Crippen LogP contribution in [0.4, 0.5) is 0 Å². The molecule has 0 aliphatic carbocycles. The summed E-state index contributed by atoms with van der Waals surface area (Å²) < 4.78 is 1.02. The molecule has 1 N–H and O–H groups in total. The molecule has 2 rings (SSSR count). The van der Waals surface area contributed by atoms with E-state index in [0.717, 1.165) is 35.5 Å². The van der Waals surface area contributed by atoms with Crippen molar-refractivity contribution in [1.82, 2.24) is 5.32 Å². The van der Waals surface area contributed by atoms with Crippen molar-refractivity contribution in [1.29, 1.82) is 0 Å². The number of hydrogen-bond donors (Lipinski definition) is 1. The second-order valence-corrected chi connectivity index (χ2v) is 5.58. The van der Waals surface area contributed by atoms with Crippen molar-refractivity contribution in [3.63, 3.8) is 0 Å². The molecule has 0 atom stereocenters. The largest absolute Gasteiger partial charge is 0.317 e. The van der Waals surface area contributed by atoms with Crippen LogP contribution in [-0.4, -0.2) is 18.9 Å². The molecule has 0 unspecified atom stereocenters. The molecular weight excluding hydrogens is 278 g/mol. The maximum Gasteiger partial charge on any atom is 0.162 e. The van der Waals surface area contributed by atoms with Crippen LogP contribution >= 0.6 is 15.9 Å². The quantitative estimate of drug-likeness (QED) is 0.863. The lowest BCUT2D eigenvalue weighted by Crippen LogP contribution is -2.27. The first-order chi connectivity index (χ1) is 8.25. The highest BCUT2D eigenvalue weighted by molar-refractivity contribution is 9.10. The van der Waals surface area contributed by atoms with Gasteiger partial charge in [-0.3, -0.25) is 4.79 Å². The molecule has 0 saturated carbocycles. The third kappa shape index (κ3) is 3.93. The zero-order valence-corrected chi connectivity index (χ0v) is 11.5. The van der Waals surface area contributed by atoms with Gasteiger partial charge in [0.1, 0.15) is 0 Å². The van der Waals surface area contributed by atoms with E-state index in [4.69, 9.17) is 0 Å². The first-order valence-electron chi connectivity index (χ1n) is 6.25. The average molecular weight is 296 g/mol. The van der Waals surface area contributed by atoms with Gasteiger partial charge in [-0.1, -0.05) is 28.1 Å². The molecule has 92 valence electrons. The lowest BCUT2D eigenvalue weighted by molar-refractivity contribution is 0.0971. The highest BCUT2D eigenvalue weighted by Crippen LogP contribution is 2.20. The molecule has 1 aliphatic heterocycles. The van der Waals surface area contributed by atoms with Crippen LogP contribution in [0.3, 0.4) is 0 Å². The average Bonchev–Trinajstić information content (AvgIpc) is 2.38. The second-order valence-electron chi connectivity index (χ2n) is 4.66. The zero-order chi connectivity index (χ0) is 12.1. The normalized spacial score (nSPS) is 17.0. The molecule has 2 nitrogen and oxygen atoms in total. The van der Waals surface area contributed by atoms with E-state index in [1.165, 1.54) is 12.8 Å². The van der Waals surface area contributed by atoms with Gasteiger partial charge >= 0.3 is 0 Å². The maximum absolute atomic E-state index is 12.0. The summed E-state index contributed by atoms with van der Waals surface area (Å²) >= 11 is 3.38. The first kappa shape index (κ1) is 12.8. The number of piperidine rings is 1. The van der Waals surface area contributed by atoms with Crippen molar-refractivity contribution >= 4 is 21.7 Å². The van der Waals surface area contributed by atoms with E-state index < -0.39 is 0 Å². The van der Waals surface area contributed by atoms with E-state index in [1.54, 1.807) is 0 Å². The molecule has 0 bridgehead atoms. The van der Waals surface area contributed by atoms with Gasteiger partial charge in [0, 0.05) is 16.5 Å². The Morgan fingerprint density at radius 2 is 1.88 bits per heavy atom. The van der Waals surface area contributed by atoms with E-state index in [2.05, 4.69) is 21.2 Å². The van der Waals surface area contributed by atoms with Gasteiger partial charge in [-0.25, -0.2) is 0 Å². The van der Waals surface area contributed by atoms with Crippen molar-refractivity contribution in [2.24, 2.45) is 5.92 Å².